The molecule has 0 saturated carbocycles. The van der Waals surface area contributed by atoms with Crippen molar-refractivity contribution in [1.29, 1.82) is 0 Å². The standard InChI is InChI=1S/C26H23ClN2O2/c27-24-15-21(11-12-22(24)16-28)23-13-14-25(30-17-19-7-3-1-4-8-19)29-26(23)31-18-20-9-5-2-6-10-20/h1-15H,16-18,28H2. The lowest BCUT2D eigenvalue weighted by Gasteiger charge is -2.14. The van der Waals surface area contributed by atoms with E-state index >= 15 is 0 Å². The molecule has 4 rings (SSSR count). The summed E-state index contributed by atoms with van der Waals surface area (Å²) < 4.78 is 12.0. The van der Waals surface area contributed by atoms with E-state index in [1.165, 1.54) is 0 Å². The van der Waals surface area contributed by atoms with Gasteiger partial charge in [0.15, 0.2) is 0 Å². The van der Waals surface area contributed by atoms with Crippen LogP contribution in [0.3, 0.4) is 0 Å². The lowest BCUT2D eigenvalue weighted by Crippen LogP contribution is -2.03. The van der Waals surface area contributed by atoms with E-state index in [-0.39, 0.29) is 0 Å². The van der Waals surface area contributed by atoms with Crippen LogP contribution in [0.4, 0.5) is 0 Å². The normalized spacial score (nSPS) is 10.6. The summed E-state index contributed by atoms with van der Waals surface area (Å²) in [5, 5.41) is 0.624. The Balaban J connectivity index is 1.61. The van der Waals surface area contributed by atoms with Crippen LogP contribution < -0.4 is 15.2 Å². The van der Waals surface area contributed by atoms with E-state index in [1.807, 2.05) is 91.0 Å². The summed E-state index contributed by atoms with van der Waals surface area (Å²) in [5.41, 5.74) is 10.5. The summed E-state index contributed by atoms with van der Waals surface area (Å²) in [7, 11) is 0. The minimum absolute atomic E-state index is 0.390. The minimum Gasteiger partial charge on any atom is -0.473 e. The first kappa shape index (κ1) is 20.9. The second-order valence-corrected chi connectivity index (χ2v) is 7.47. The Morgan fingerprint density at radius 3 is 2.00 bits per heavy atom. The molecule has 31 heavy (non-hydrogen) atoms. The average molecular weight is 431 g/mol. The van der Waals surface area contributed by atoms with Crippen LogP contribution in [0, 0.1) is 0 Å². The number of ether oxygens (including phenoxy) is 2. The lowest BCUT2D eigenvalue weighted by atomic mass is 10.0. The van der Waals surface area contributed by atoms with Crippen molar-refractivity contribution in [1.82, 2.24) is 4.98 Å². The molecule has 156 valence electrons. The molecular weight excluding hydrogens is 408 g/mol. The molecule has 4 aromatic rings. The minimum atomic E-state index is 0.390. The molecule has 0 aliphatic heterocycles. The van der Waals surface area contributed by atoms with E-state index in [0.29, 0.717) is 36.5 Å². The average Bonchev–Trinajstić information content (AvgIpc) is 2.83. The van der Waals surface area contributed by atoms with Crippen molar-refractivity contribution in [2.75, 3.05) is 0 Å². The van der Waals surface area contributed by atoms with Crippen LogP contribution in [-0.2, 0) is 19.8 Å². The number of pyridine rings is 1. The van der Waals surface area contributed by atoms with Gasteiger partial charge in [-0.1, -0.05) is 84.4 Å². The Bertz CT molecular complexity index is 1130. The molecule has 0 saturated heterocycles. The Labute approximate surface area is 187 Å². The van der Waals surface area contributed by atoms with Crippen LogP contribution >= 0.6 is 11.6 Å². The molecule has 4 nitrogen and oxygen atoms in total. The Hall–Kier alpha value is -3.34. The molecule has 0 unspecified atom stereocenters. The van der Waals surface area contributed by atoms with Crippen LogP contribution in [0.2, 0.25) is 5.02 Å². The first-order valence-corrected chi connectivity index (χ1v) is 10.4. The number of aromatic nitrogens is 1. The number of benzene rings is 3. The van der Waals surface area contributed by atoms with Crippen molar-refractivity contribution >= 4 is 11.6 Å². The molecule has 0 bridgehead atoms. The largest absolute Gasteiger partial charge is 0.473 e. The molecule has 0 aliphatic rings. The van der Waals surface area contributed by atoms with Crippen molar-refractivity contribution in [2.24, 2.45) is 5.73 Å². The van der Waals surface area contributed by atoms with Crippen LogP contribution in [0.15, 0.2) is 91.0 Å². The molecular formula is C26H23ClN2O2. The van der Waals surface area contributed by atoms with Gasteiger partial charge in [-0.15, -0.1) is 0 Å². The molecule has 0 radical (unpaired) electrons. The fourth-order valence-electron chi connectivity index (χ4n) is 3.17. The smallest absolute Gasteiger partial charge is 0.225 e. The summed E-state index contributed by atoms with van der Waals surface area (Å²) >= 11 is 6.39. The third-order valence-electron chi connectivity index (χ3n) is 4.87. The summed E-state index contributed by atoms with van der Waals surface area (Å²) in [4.78, 5) is 4.64. The molecule has 0 amide bonds. The number of hydrogen-bond donors (Lipinski definition) is 1. The highest BCUT2D eigenvalue weighted by Crippen LogP contribution is 2.33. The molecule has 0 aliphatic carbocycles. The van der Waals surface area contributed by atoms with Crippen LogP contribution in [0.1, 0.15) is 16.7 Å². The molecule has 1 aromatic heterocycles. The monoisotopic (exact) mass is 430 g/mol. The highest BCUT2D eigenvalue weighted by atomic mass is 35.5. The predicted octanol–water partition coefficient (Wildman–Crippen LogP) is 6.02. The SMILES string of the molecule is NCc1ccc(-c2ccc(OCc3ccccc3)nc2OCc2ccccc2)cc1Cl. The van der Waals surface area contributed by atoms with Crippen LogP contribution in [0.25, 0.3) is 11.1 Å². The van der Waals surface area contributed by atoms with Gasteiger partial charge in [-0.2, -0.15) is 4.98 Å². The van der Waals surface area contributed by atoms with Gasteiger partial charge in [0.2, 0.25) is 11.8 Å². The van der Waals surface area contributed by atoms with Crippen molar-refractivity contribution in [2.45, 2.75) is 19.8 Å². The van der Waals surface area contributed by atoms with E-state index in [1.54, 1.807) is 0 Å². The van der Waals surface area contributed by atoms with Crippen molar-refractivity contribution in [3.05, 3.63) is 113 Å². The number of nitrogens with zero attached hydrogens (tertiary/aromatic N) is 1. The Kier molecular flexibility index (Phi) is 6.82. The summed E-state index contributed by atoms with van der Waals surface area (Å²) in [5.74, 6) is 0.992. The predicted molar refractivity (Wildman–Crippen MR) is 124 cm³/mol. The van der Waals surface area contributed by atoms with Gasteiger partial charge in [0.25, 0.3) is 0 Å². The molecule has 1 heterocycles. The number of nitrogens with two attached hydrogens (primary N) is 1. The van der Waals surface area contributed by atoms with Crippen molar-refractivity contribution in [3.63, 3.8) is 0 Å². The van der Waals surface area contributed by atoms with Gasteiger partial charge in [0, 0.05) is 23.2 Å². The van der Waals surface area contributed by atoms with Gasteiger partial charge in [0.05, 0.1) is 0 Å². The fourth-order valence-corrected chi connectivity index (χ4v) is 3.43. The van der Waals surface area contributed by atoms with E-state index in [4.69, 9.17) is 26.8 Å². The van der Waals surface area contributed by atoms with Gasteiger partial charge < -0.3 is 15.2 Å². The molecule has 2 N–H and O–H groups in total. The van der Waals surface area contributed by atoms with Crippen molar-refractivity contribution < 1.29 is 9.47 Å². The highest BCUT2D eigenvalue weighted by molar-refractivity contribution is 6.31. The molecule has 0 fully saturated rings. The number of hydrogen-bond acceptors (Lipinski definition) is 4. The summed E-state index contributed by atoms with van der Waals surface area (Å²) in [6.07, 6.45) is 0. The Morgan fingerprint density at radius 2 is 1.39 bits per heavy atom. The third kappa shape index (κ3) is 5.43. The molecule has 0 spiro atoms. The Morgan fingerprint density at radius 1 is 0.742 bits per heavy atom. The van der Waals surface area contributed by atoms with Gasteiger partial charge in [0.1, 0.15) is 13.2 Å². The van der Waals surface area contributed by atoms with E-state index in [9.17, 15) is 0 Å². The van der Waals surface area contributed by atoms with Gasteiger partial charge in [-0.3, -0.25) is 0 Å². The first-order chi connectivity index (χ1) is 15.2. The quantitative estimate of drug-likeness (QED) is 0.371. The zero-order valence-electron chi connectivity index (χ0n) is 17.0. The van der Waals surface area contributed by atoms with Gasteiger partial charge in [-0.05, 0) is 34.4 Å². The number of halogens is 1. The maximum Gasteiger partial charge on any atom is 0.225 e. The van der Waals surface area contributed by atoms with Gasteiger partial charge in [-0.25, -0.2) is 0 Å². The zero-order valence-corrected chi connectivity index (χ0v) is 17.8. The molecule has 0 atom stereocenters. The third-order valence-corrected chi connectivity index (χ3v) is 5.22. The van der Waals surface area contributed by atoms with E-state index < -0.39 is 0 Å². The maximum atomic E-state index is 6.39. The maximum absolute atomic E-state index is 6.39. The molecule has 3 aromatic carbocycles. The fraction of sp³-hybridized carbons (Fsp3) is 0.115. The zero-order chi connectivity index (χ0) is 21.5. The van der Waals surface area contributed by atoms with Gasteiger partial charge >= 0.3 is 0 Å². The molecule has 5 heteroatoms. The second-order valence-electron chi connectivity index (χ2n) is 7.06. The summed E-state index contributed by atoms with van der Waals surface area (Å²) in [6, 6.07) is 29.5. The second kappa shape index (κ2) is 10.1. The van der Waals surface area contributed by atoms with E-state index in [0.717, 1.165) is 27.8 Å². The van der Waals surface area contributed by atoms with Crippen LogP contribution in [-0.4, -0.2) is 4.98 Å². The van der Waals surface area contributed by atoms with E-state index in [2.05, 4.69) is 4.98 Å². The van der Waals surface area contributed by atoms with Crippen molar-refractivity contribution in [3.8, 4) is 22.9 Å². The first-order valence-electron chi connectivity index (χ1n) is 10.1. The lowest BCUT2D eigenvalue weighted by molar-refractivity contribution is 0.268. The number of rotatable bonds is 8. The van der Waals surface area contributed by atoms with Crippen LogP contribution in [0.5, 0.6) is 11.8 Å². The summed E-state index contributed by atoms with van der Waals surface area (Å²) in [6.45, 7) is 1.22. The highest BCUT2D eigenvalue weighted by Gasteiger charge is 2.13. The topological polar surface area (TPSA) is 57.4 Å².